The Morgan fingerprint density at radius 3 is 2.69 bits per heavy atom. The second kappa shape index (κ2) is 3.65. The van der Waals surface area contributed by atoms with Crippen LogP contribution >= 0.6 is 0 Å². The summed E-state index contributed by atoms with van der Waals surface area (Å²) in [6.45, 7) is 0. The fourth-order valence-corrected chi connectivity index (χ4v) is 1.32. The maximum atomic E-state index is 13.4. The van der Waals surface area contributed by atoms with Crippen LogP contribution in [0.1, 0.15) is 10.5 Å². The lowest BCUT2D eigenvalue weighted by atomic mass is 10.3. The van der Waals surface area contributed by atoms with Gasteiger partial charge in [-0.3, -0.25) is 0 Å². The molecule has 0 unspecified atom stereocenters. The maximum absolute atomic E-state index is 13.4. The van der Waals surface area contributed by atoms with E-state index in [1.807, 2.05) is 0 Å². The monoisotopic (exact) mass is 221 g/mol. The van der Waals surface area contributed by atoms with E-state index in [4.69, 9.17) is 10.8 Å². The first-order chi connectivity index (χ1) is 7.59. The number of halogens is 1. The van der Waals surface area contributed by atoms with Gasteiger partial charge in [0.05, 0.1) is 0 Å². The summed E-state index contributed by atoms with van der Waals surface area (Å²) in [5.41, 5.74) is 5.45. The molecule has 0 radical (unpaired) electrons. The van der Waals surface area contributed by atoms with Crippen molar-refractivity contribution in [2.45, 2.75) is 0 Å². The van der Waals surface area contributed by atoms with Crippen molar-refractivity contribution in [3.8, 4) is 5.69 Å². The van der Waals surface area contributed by atoms with E-state index in [1.54, 1.807) is 6.07 Å². The van der Waals surface area contributed by atoms with E-state index >= 15 is 0 Å². The summed E-state index contributed by atoms with van der Waals surface area (Å²) in [4.78, 5) is 10.7. The molecule has 0 aliphatic rings. The molecule has 5 nitrogen and oxygen atoms in total. The Morgan fingerprint density at radius 2 is 2.12 bits per heavy atom. The topological polar surface area (TPSA) is 81.1 Å². The highest BCUT2D eigenvalue weighted by Gasteiger charge is 2.14. The number of nitrogens with two attached hydrogens (primary N) is 1. The summed E-state index contributed by atoms with van der Waals surface area (Å²) >= 11 is 0. The van der Waals surface area contributed by atoms with E-state index in [2.05, 4.69) is 5.10 Å². The Balaban J connectivity index is 2.57. The van der Waals surface area contributed by atoms with Gasteiger partial charge in [-0.1, -0.05) is 12.1 Å². The molecule has 2 aromatic rings. The molecule has 16 heavy (non-hydrogen) atoms. The number of aromatic carboxylic acids is 1. The third-order valence-electron chi connectivity index (χ3n) is 2.04. The van der Waals surface area contributed by atoms with Gasteiger partial charge in [0.1, 0.15) is 17.3 Å². The molecule has 0 aliphatic heterocycles. The van der Waals surface area contributed by atoms with Crippen LogP contribution in [0.4, 0.5) is 10.2 Å². The quantitative estimate of drug-likeness (QED) is 0.800. The van der Waals surface area contributed by atoms with Gasteiger partial charge in [0.2, 0.25) is 0 Å². The summed E-state index contributed by atoms with van der Waals surface area (Å²) in [5, 5.41) is 12.4. The first-order valence-corrected chi connectivity index (χ1v) is 4.43. The second-order valence-electron chi connectivity index (χ2n) is 3.12. The van der Waals surface area contributed by atoms with Gasteiger partial charge in [-0.05, 0) is 12.1 Å². The van der Waals surface area contributed by atoms with Gasteiger partial charge in [-0.25, -0.2) is 13.9 Å². The van der Waals surface area contributed by atoms with Crippen LogP contribution in [0.3, 0.4) is 0 Å². The van der Waals surface area contributed by atoms with E-state index in [-0.39, 0.29) is 17.2 Å². The molecule has 3 N–H and O–H groups in total. The van der Waals surface area contributed by atoms with Gasteiger partial charge < -0.3 is 10.8 Å². The standard InChI is InChI=1S/C10H8FN3O2/c11-6-3-1-2-4-8(6)14-9(12)5-7(13-14)10(15)16/h1-5H,12H2,(H,15,16). The van der Waals surface area contributed by atoms with Crippen molar-refractivity contribution in [2.75, 3.05) is 5.73 Å². The molecule has 0 amide bonds. The lowest BCUT2D eigenvalue weighted by molar-refractivity contribution is 0.0690. The average molecular weight is 221 g/mol. The highest BCUT2D eigenvalue weighted by Crippen LogP contribution is 2.17. The van der Waals surface area contributed by atoms with E-state index < -0.39 is 11.8 Å². The molecule has 0 bridgehead atoms. The third-order valence-corrected chi connectivity index (χ3v) is 2.04. The van der Waals surface area contributed by atoms with Crippen molar-refractivity contribution in [1.82, 2.24) is 9.78 Å². The van der Waals surface area contributed by atoms with Crippen molar-refractivity contribution in [2.24, 2.45) is 0 Å². The number of nitrogens with zero attached hydrogens (tertiary/aromatic N) is 2. The molecule has 0 saturated heterocycles. The molecule has 0 aliphatic carbocycles. The van der Waals surface area contributed by atoms with E-state index in [0.29, 0.717) is 0 Å². The smallest absolute Gasteiger partial charge is 0.356 e. The van der Waals surface area contributed by atoms with Crippen molar-refractivity contribution < 1.29 is 14.3 Å². The zero-order chi connectivity index (χ0) is 11.7. The number of rotatable bonds is 2. The third kappa shape index (κ3) is 1.60. The van der Waals surface area contributed by atoms with Crippen LogP contribution in [0, 0.1) is 5.82 Å². The molecular formula is C10H8FN3O2. The number of anilines is 1. The van der Waals surface area contributed by atoms with E-state index in [0.717, 1.165) is 4.68 Å². The van der Waals surface area contributed by atoms with Crippen LogP contribution in [0.15, 0.2) is 30.3 Å². The van der Waals surface area contributed by atoms with E-state index in [9.17, 15) is 9.18 Å². The number of nitrogen functional groups attached to an aromatic ring is 1. The second-order valence-corrected chi connectivity index (χ2v) is 3.12. The minimum Gasteiger partial charge on any atom is -0.476 e. The Morgan fingerprint density at radius 1 is 1.44 bits per heavy atom. The molecular weight excluding hydrogens is 213 g/mol. The summed E-state index contributed by atoms with van der Waals surface area (Å²) in [7, 11) is 0. The molecule has 0 atom stereocenters. The summed E-state index contributed by atoms with van der Waals surface area (Å²) in [6.07, 6.45) is 0. The normalized spacial score (nSPS) is 10.3. The van der Waals surface area contributed by atoms with Crippen molar-refractivity contribution >= 4 is 11.8 Å². The molecule has 1 aromatic heterocycles. The zero-order valence-corrected chi connectivity index (χ0v) is 8.09. The van der Waals surface area contributed by atoms with Crippen LogP contribution in [0.5, 0.6) is 0 Å². The predicted octanol–water partition coefficient (Wildman–Crippen LogP) is 1.29. The van der Waals surface area contributed by atoms with Gasteiger partial charge in [0.15, 0.2) is 5.69 Å². The number of benzene rings is 1. The number of aromatic nitrogens is 2. The molecule has 1 heterocycles. The predicted molar refractivity (Wildman–Crippen MR) is 54.9 cm³/mol. The molecule has 2 rings (SSSR count). The summed E-state index contributed by atoms with van der Waals surface area (Å²) < 4.78 is 14.5. The Kier molecular flexibility index (Phi) is 2.32. The lowest BCUT2D eigenvalue weighted by Gasteiger charge is -2.04. The van der Waals surface area contributed by atoms with Crippen LogP contribution in [-0.2, 0) is 0 Å². The number of carboxylic acids is 1. The van der Waals surface area contributed by atoms with Crippen LogP contribution in [0.2, 0.25) is 0 Å². The van der Waals surface area contributed by atoms with Gasteiger partial charge in [-0.2, -0.15) is 5.10 Å². The number of carboxylic acid groups (broad SMARTS) is 1. The highest BCUT2D eigenvalue weighted by molar-refractivity contribution is 5.86. The fraction of sp³-hybridized carbons (Fsp3) is 0. The SMILES string of the molecule is Nc1cc(C(=O)O)nn1-c1ccccc1F. The number of hydrogen-bond acceptors (Lipinski definition) is 3. The van der Waals surface area contributed by atoms with Crippen molar-refractivity contribution in [1.29, 1.82) is 0 Å². The minimum absolute atomic E-state index is 0.0718. The first-order valence-electron chi connectivity index (χ1n) is 4.43. The number of carbonyl (C=O) groups is 1. The van der Waals surface area contributed by atoms with Crippen molar-refractivity contribution in [3.63, 3.8) is 0 Å². The van der Waals surface area contributed by atoms with Crippen LogP contribution in [-0.4, -0.2) is 20.9 Å². The average Bonchev–Trinajstić information content (AvgIpc) is 2.61. The molecule has 0 spiro atoms. The van der Waals surface area contributed by atoms with Crippen LogP contribution in [0.25, 0.3) is 5.69 Å². The Labute approximate surface area is 89.9 Å². The van der Waals surface area contributed by atoms with Crippen LogP contribution < -0.4 is 5.73 Å². The first kappa shape index (κ1) is 10.2. The van der Waals surface area contributed by atoms with Crippen molar-refractivity contribution in [3.05, 3.63) is 41.8 Å². The minimum atomic E-state index is -1.21. The molecule has 0 fully saturated rings. The summed E-state index contributed by atoms with van der Waals surface area (Å²) in [6, 6.07) is 7.02. The van der Waals surface area contributed by atoms with Gasteiger partial charge in [0.25, 0.3) is 0 Å². The van der Waals surface area contributed by atoms with Gasteiger partial charge in [0, 0.05) is 6.07 Å². The molecule has 82 valence electrons. The fourth-order valence-electron chi connectivity index (χ4n) is 1.32. The molecule has 1 aromatic carbocycles. The van der Waals surface area contributed by atoms with Gasteiger partial charge >= 0.3 is 5.97 Å². The zero-order valence-electron chi connectivity index (χ0n) is 8.09. The highest BCUT2D eigenvalue weighted by atomic mass is 19.1. The lowest BCUT2D eigenvalue weighted by Crippen LogP contribution is -2.05. The maximum Gasteiger partial charge on any atom is 0.356 e. The Hall–Kier alpha value is -2.37. The summed E-state index contributed by atoms with van der Waals surface area (Å²) in [5.74, 6) is -1.65. The number of hydrogen-bond donors (Lipinski definition) is 2. The molecule has 0 saturated carbocycles. The Bertz CT molecular complexity index is 551. The molecule has 6 heteroatoms. The van der Waals surface area contributed by atoms with E-state index in [1.165, 1.54) is 24.3 Å². The number of para-hydroxylation sites is 1. The largest absolute Gasteiger partial charge is 0.476 e. The van der Waals surface area contributed by atoms with Gasteiger partial charge in [-0.15, -0.1) is 0 Å².